The van der Waals surface area contributed by atoms with E-state index in [9.17, 15) is 4.39 Å². The highest BCUT2D eigenvalue weighted by Gasteiger charge is 2.04. The van der Waals surface area contributed by atoms with Gasteiger partial charge in [-0.3, -0.25) is 4.98 Å². The number of hydrogen-bond acceptors (Lipinski definition) is 2. The Kier molecular flexibility index (Phi) is 3.63. The molecule has 0 amide bonds. The van der Waals surface area contributed by atoms with E-state index in [4.69, 9.17) is 6.57 Å². The molecule has 3 aromatic rings. The first kappa shape index (κ1) is 13.5. The second-order valence-corrected chi connectivity index (χ2v) is 4.44. The molecule has 1 aromatic carbocycles. The summed E-state index contributed by atoms with van der Waals surface area (Å²) in [4.78, 5) is 7.22. The Morgan fingerprint density at radius 2 is 2.00 bits per heavy atom. The zero-order chi connectivity index (χ0) is 15.4. The van der Waals surface area contributed by atoms with Crippen molar-refractivity contribution in [3.8, 4) is 17.5 Å². The van der Waals surface area contributed by atoms with Gasteiger partial charge in [-0.15, -0.1) is 0 Å². The summed E-state index contributed by atoms with van der Waals surface area (Å²) in [5.41, 5.74) is 2.21. The molecule has 5 heteroatoms. The topological polar surface area (TPSA) is 35.1 Å². The van der Waals surface area contributed by atoms with Crippen LogP contribution in [-0.4, -0.2) is 14.8 Å². The SMILES string of the molecule is [C-]#[N+]c1cc(F)cc(-n2cc(C#Cc3cccnc3)cn2)c1. The Morgan fingerprint density at radius 1 is 1.14 bits per heavy atom. The smallest absolute Gasteiger partial charge is 0.192 e. The Balaban J connectivity index is 1.90. The lowest BCUT2D eigenvalue weighted by molar-refractivity contribution is 0.626. The van der Waals surface area contributed by atoms with Crippen LogP contribution in [0.25, 0.3) is 10.5 Å². The van der Waals surface area contributed by atoms with Gasteiger partial charge in [0.15, 0.2) is 5.69 Å². The van der Waals surface area contributed by atoms with Gasteiger partial charge in [0, 0.05) is 24.2 Å². The summed E-state index contributed by atoms with van der Waals surface area (Å²) in [5, 5.41) is 4.14. The number of aromatic nitrogens is 3. The molecular formula is C17H9FN4. The van der Waals surface area contributed by atoms with Gasteiger partial charge in [0.2, 0.25) is 0 Å². The average Bonchev–Trinajstić information content (AvgIpc) is 3.02. The van der Waals surface area contributed by atoms with Crippen molar-refractivity contribution in [1.82, 2.24) is 14.8 Å². The van der Waals surface area contributed by atoms with Gasteiger partial charge in [-0.05, 0) is 30.3 Å². The number of nitrogens with zero attached hydrogens (tertiary/aromatic N) is 4. The first-order chi connectivity index (χ1) is 10.7. The lowest BCUT2D eigenvalue weighted by Gasteiger charge is -2.01. The summed E-state index contributed by atoms with van der Waals surface area (Å²) in [5.74, 6) is 5.47. The fraction of sp³-hybridized carbons (Fsp3) is 0. The fourth-order valence-electron chi connectivity index (χ4n) is 1.87. The third-order valence-corrected chi connectivity index (χ3v) is 2.86. The van der Waals surface area contributed by atoms with Crippen LogP contribution in [0.1, 0.15) is 11.1 Å². The fourth-order valence-corrected chi connectivity index (χ4v) is 1.87. The van der Waals surface area contributed by atoms with Crippen LogP contribution in [0.4, 0.5) is 10.1 Å². The average molecular weight is 288 g/mol. The second kappa shape index (κ2) is 5.90. The minimum atomic E-state index is -0.470. The van der Waals surface area contributed by atoms with Crippen molar-refractivity contribution in [2.75, 3.05) is 0 Å². The number of benzene rings is 1. The van der Waals surface area contributed by atoms with E-state index in [-0.39, 0.29) is 5.69 Å². The Hall–Kier alpha value is -3.44. The molecule has 0 aliphatic rings. The number of hydrogen-bond donors (Lipinski definition) is 0. The van der Waals surface area contributed by atoms with Crippen LogP contribution < -0.4 is 0 Å². The minimum absolute atomic E-state index is 0.230. The monoisotopic (exact) mass is 288 g/mol. The maximum Gasteiger partial charge on any atom is 0.192 e. The lowest BCUT2D eigenvalue weighted by Crippen LogP contribution is -1.94. The number of rotatable bonds is 1. The predicted octanol–water partition coefficient (Wildman–Crippen LogP) is 3.36. The Morgan fingerprint density at radius 3 is 2.77 bits per heavy atom. The highest BCUT2D eigenvalue weighted by molar-refractivity contribution is 5.52. The van der Waals surface area contributed by atoms with E-state index in [1.54, 1.807) is 30.9 Å². The molecule has 0 aliphatic carbocycles. The van der Waals surface area contributed by atoms with Crippen molar-refractivity contribution >= 4 is 5.69 Å². The van der Waals surface area contributed by atoms with E-state index in [0.29, 0.717) is 11.3 Å². The summed E-state index contributed by atoms with van der Waals surface area (Å²) in [6, 6.07) is 7.75. The molecule has 0 aliphatic heterocycles. The molecule has 0 bridgehead atoms. The summed E-state index contributed by atoms with van der Waals surface area (Å²) < 4.78 is 14.9. The summed E-state index contributed by atoms with van der Waals surface area (Å²) >= 11 is 0. The quantitative estimate of drug-likeness (QED) is 0.508. The molecule has 0 atom stereocenters. The van der Waals surface area contributed by atoms with Gasteiger partial charge in [-0.2, -0.15) is 5.10 Å². The zero-order valence-corrected chi connectivity index (χ0v) is 11.4. The van der Waals surface area contributed by atoms with Gasteiger partial charge in [-0.25, -0.2) is 13.9 Å². The van der Waals surface area contributed by atoms with Gasteiger partial charge >= 0.3 is 0 Å². The maximum atomic E-state index is 13.5. The summed E-state index contributed by atoms with van der Waals surface area (Å²) in [6.07, 6.45) is 6.63. The molecule has 0 saturated heterocycles. The molecule has 0 unspecified atom stereocenters. The van der Waals surface area contributed by atoms with E-state index < -0.39 is 5.82 Å². The Labute approximate surface area is 126 Å². The molecule has 0 N–H and O–H groups in total. The van der Waals surface area contributed by atoms with E-state index >= 15 is 0 Å². The van der Waals surface area contributed by atoms with Crippen molar-refractivity contribution in [1.29, 1.82) is 0 Å². The van der Waals surface area contributed by atoms with E-state index in [1.807, 2.05) is 12.1 Å². The normalized spacial score (nSPS) is 9.64. The van der Waals surface area contributed by atoms with Crippen molar-refractivity contribution in [3.63, 3.8) is 0 Å². The van der Waals surface area contributed by atoms with Crippen LogP contribution in [0, 0.1) is 24.2 Å². The third-order valence-electron chi connectivity index (χ3n) is 2.86. The van der Waals surface area contributed by atoms with Crippen LogP contribution >= 0.6 is 0 Å². The van der Waals surface area contributed by atoms with Gasteiger partial charge in [0.25, 0.3) is 0 Å². The maximum absolute atomic E-state index is 13.5. The van der Waals surface area contributed by atoms with E-state index in [0.717, 1.165) is 5.56 Å². The van der Waals surface area contributed by atoms with Gasteiger partial charge < -0.3 is 0 Å². The van der Waals surface area contributed by atoms with Crippen molar-refractivity contribution in [3.05, 3.63) is 83.5 Å². The van der Waals surface area contributed by atoms with Crippen molar-refractivity contribution in [2.24, 2.45) is 0 Å². The van der Waals surface area contributed by atoms with Crippen LogP contribution in [0.15, 0.2) is 55.1 Å². The molecule has 0 spiro atoms. The van der Waals surface area contributed by atoms with E-state index in [2.05, 4.69) is 26.8 Å². The lowest BCUT2D eigenvalue weighted by atomic mass is 10.2. The summed E-state index contributed by atoms with van der Waals surface area (Å²) in [7, 11) is 0. The predicted molar refractivity (Wildman–Crippen MR) is 80.0 cm³/mol. The molecule has 22 heavy (non-hydrogen) atoms. The first-order valence-electron chi connectivity index (χ1n) is 6.40. The van der Waals surface area contributed by atoms with Crippen LogP contribution in [0.2, 0.25) is 0 Å². The van der Waals surface area contributed by atoms with E-state index in [1.165, 1.54) is 16.8 Å². The zero-order valence-electron chi connectivity index (χ0n) is 11.4. The van der Waals surface area contributed by atoms with Crippen LogP contribution in [0.3, 0.4) is 0 Å². The van der Waals surface area contributed by atoms with Crippen molar-refractivity contribution in [2.45, 2.75) is 0 Å². The first-order valence-corrected chi connectivity index (χ1v) is 6.40. The molecule has 2 aromatic heterocycles. The minimum Gasteiger partial charge on any atom is -0.263 e. The standard InChI is InChI=1S/C17H9FN4/c1-19-16-7-15(18)8-17(9-16)22-12-14(11-21-22)5-4-13-3-2-6-20-10-13/h2-3,6-12H. The number of pyridine rings is 1. The van der Waals surface area contributed by atoms with Gasteiger partial charge in [0.1, 0.15) is 5.82 Å². The molecule has 2 heterocycles. The molecule has 0 saturated carbocycles. The second-order valence-electron chi connectivity index (χ2n) is 4.44. The van der Waals surface area contributed by atoms with Crippen LogP contribution in [-0.2, 0) is 0 Å². The van der Waals surface area contributed by atoms with Crippen LogP contribution in [0.5, 0.6) is 0 Å². The highest BCUT2D eigenvalue weighted by atomic mass is 19.1. The third kappa shape index (κ3) is 3.00. The molecule has 4 nitrogen and oxygen atoms in total. The Bertz CT molecular complexity index is 911. The molecule has 104 valence electrons. The molecule has 3 rings (SSSR count). The molecule has 0 radical (unpaired) electrons. The van der Waals surface area contributed by atoms with Gasteiger partial charge in [0.05, 0.1) is 24.0 Å². The summed E-state index contributed by atoms with van der Waals surface area (Å²) in [6.45, 7) is 6.97. The largest absolute Gasteiger partial charge is 0.263 e. The number of halogens is 1. The van der Waals surface area contributed by atoms with Gasteiger partial charge in [-0.1, -0.05) is 11.8 Å². The molecule has 0 fully saturated rings. The van der Waals surface area contributed by atoms with Crippen molar-refractivity contribution < 1.29 is 4.39 Å². The highest BCUT2D eigenvalue weighted by Crippen LogP contribution is 2.19. The molecular weight excluding hydrogens is 279 g/mol.